The number of nitrogen functional groups attached to an aromatic ring is 1. The molecule has 9 heteroatoms. The van der Waals surface area contributed by atoms with Crippen LogP contribution in [0.4, 0.5) is 22.0 Å². The highest BCUT2D eigenvalue weighted by Crippen LogP contribution is 2.50. The Hall–Kier alpha value is -3.77. The van der Waals surface area contributed by atoms with Crippen molar-refractivity contribution in [3.05, 3.63) is 47.7 Å². The molecule has 208 valence electrons. The zero-order valence-electron chi connectivity index (χ0n) is 23.4. The highest BCUT2D eigenvalue weighted by molar-refractivity contribution is 5.98. The molecule has 2 fully saturated rings. The predicted molar refractivity (Wildman–Crippen MR) is 153 cm³/mol. The minimum Gasteiger partial charge on any atom is -0.494 e. The van der Waals surface area contributed by atoms with E-state index in [-0.39, 0.29) is 5.92 Å². The van der Waals surface area contributed by atoms with Gasteiger partial charge in [0.15, 0.2) is 0 Å². The lowest BCUT2D eigenvalue weighted by atomic mass is 9.97. The van der Waals surface area contributed by atoms with Crippen LogP contribution in [0.2, 0.25) is 0 Å². The van der Waals surface area contributed by atoms with Gasteiger partial charge in [-0.3, -0.25) is 0 Å². The van der Waals surface area contributed by atoms with Gasteiger partial charge in [0.25, 0.3) is 0 Å². The average Bonchev–Trinajstić information content (AvgIpc) is 3.61. The number of ether oxygens (including phenoxy) is 2. The number of pyridine rings is 1. The van der Waals surface area contributed by atoms with Crippen molar-refractivity contribution < 1.29 is 14.3 Å². The molecule has 0 radical (unpaired) electrons. The van der Waals surface area contributed by atoms with Gasteiger partial charge in [-0.15, -0.1) is 0 Å². The van der Waals surface area contributed by atoms with E-state index < -0.39 is 11.7 Å². The molecule has 2 heterocycles. The van der Waals surface area contributed by atoms with Crippen molar-refractivity contribution in [3.63, 3.8) is 0 Å². The molecule has 1 aromatic carbocycles. The molecule has 0 atom stereocenters. The van der Waals surface area contributed by atoms with Gasteiger partial charge < -0.3 is 20.9 Å². The van der Waals surface area contributed by atoms with Crippen LogP contribution < -0.4 is 21.1 Å². The van der Waals surface area contributed by atoms with Crippen molar-refractivity contribution in [1.29, 1.82) is 5.26 Å². The second kappa shape index (κ2) is 12.0. The van der Waals surface area contributed by atoms with Gasteiger partial charge in [-0.1, -0.05) is 19.3 Å². The van der Waals surface area contributed by atoms with Gasteiger partial charge in [0.1, 0.15) is 28.8 Å². The third kappa shape index (κ3) is 6.63. The molecular weight excluding hydrogens is 492 g/mol. The van der Waals surface area contributed by atoms with E-state index in [0.717, 1.165) is 18.4 Å². The first kappa shape index (κ1) is 28.2. The third-order valence-corrected chi connectivity index (χ3v) is 6.84. The number of nitrogens with two attached hydrogens (primary N) is 2. The van der Waals surface area contributed by atoms with Crippen LogP contribution in [0.5, 0.6) is 5.75 Å². The smallest absolute Gasteiger partial charge is 0.420 e. The summed E-state index contributed by atoms with van der Waals surface area (Å²) >= 11 is 0. The lowest BCUT2D eigenvalue weighted by Crippen LogP contribution is -2.35. The Balaban J connectivity index is 0.000000438. The summed E-state index contributed by atoms with van der Waals surface area (Å²) in [5.74, 6) is 1.35. The highest BCUT2D eigenvalue weighted by atomic mass is 16.6. The van der Waals surface area contributed by atoms with Crippen LogP contribution in [0.25, 0.3) is 5.52 Å². The Kier molecular flexibility index (Phi) is 8.66. The molecule has 0 aliphatic heterocycles. The van der Waals surface area contributed by atoms with E-state index >= 15 is 0 Å². The molecular formula is C30H40N6O3. The molecule has 1 amide bonds. The number of amides is 1. The molecule has 0 unspecified atom stereocenters. The maximum Gasteiger partial charge on any atom is 0.420 e. The summed E-state index contributed by atoms with van der Waals surface area (Å²) in [5.41, 5.74) is 14.1. The van der Waals surface area contributed by atoms with Crippen LogP contribution in [0.1, 0.15) is 89.7 Å². The first-order valence-electron chi connectivity index (χ1n) is 13.8. The minimum absolute atomic E-state index is 0.151. The van der Waals surface area contributed by atoms with Crippen molar-refractivity contribution in [2.24, 2.45) is 5.73 Å². The minimum atomic E-state index is -0.707. The first-order valence-corrected chi connectivity index (χ1v) is 13.8. The van der Waals surface area contributed by atoms with Gasteiger partial charge in [-0.25, -0.2) is 14.2 Å². The standard InChI is InChI=1S/C24H27N5O3.C6H13N/c1-5-31-17-10-8-16(9-11-17)28(23(30)32-24(2,3)4)22-20(15-6-7-15)21(26)18(14-25)19-12-13-27-29(19)22;7-6-4-2-1-3-5-6/h8-13,15H,5-7,26H2,1-4H3;6H,1-5,7H2. The van der Waals surface area contributed by atoms with Crippen LogP contribution in [-0.4, -0.2) is 34.0 Å². The van der Waals surface area contributed by atoms with Crippen LogP contribution >= 0.6 is 0 Å². The number of nitriles is 1. The van der Waals surface area contributed by atoms with E-state index in [0.29, 0.717) is 46.7 Å². The van der Waals surface area contributed by atoms with Gasteiger partial charge in [-0.05, 0) is 89.6 Å². The van der Waals surface area contributed by atoms with Crippen LogP contribution in [0.15, 0.2) is 36.5 Å². The summed E-state index contributed by atoms with van der Waals surface area (Å²) in [6, 6.07) is 11.7. The maximum atomic E-state index is 13.5. The Bertz CT molecular complexity index is 1330. The van der Waals surface area contributed by atoms with E-state index in [1.54, 1.807) is 41.0 Å². The molecule has 4 N–H and O–H groups in total. The first-order chi connectivity index (χ1) is 18.6. The second-order valence-corrected chi connectivity index (χ2v) is 11.2. The monoisotopic (exact) mass is 532 g/mol. The SMILES string of the molecule is CCOc1ccc(N(C(=O)OC(C)(C)C)c2c(C3CC3)c(N)c(C#N)c3ccnn23)cc1.NC1CCCCC1. The third-order valence-electron chi connectivity index (χ3n) is 6.84. The quantitative estimate of drug-likeness (QED) is 0.388. The van der Waals surface area contributed by atoms with Gasteiger partial charge in [0.2, 0.25) is 0 Å². The van der Waals surface area contributed by atoms with Gasteiger partial charge >= 0.3 is 6.09 Å². The topological polar surface area (TPSA) is 132 Å². The number of hydrogen-bond donors (Lipinski definition) is 2. The van der Waals surface area contributed by atoms with Crippen LogP contribution in [-0.2, 0) is 4.74 Å². The normalized spacial score (nSPS) is 15.7. The Morgan fingerprint density at radius 2 is 1.79 bits per heavy atom. The van der Waals surface area contributed by atoms with E-state index in [1.165, 1.54) is 37.0 Å². The van der Waals surface area contributed by atoms with E-state index in [2.05, 4.69) is 11.2 Å². The van der Waals surface area contributed by atoms with Crippen molar-refractivity contribution in [2.75, 3.05) is 17.2 Å². The molecule has 5 rings (SSSR count). The second-order valence-electron chi connectivity index (χ2n) is 11.2. The molecule has 0 bridgehead atoms. The van der Waals surface area contributed by atoms with Crippen molar-refractivity contribution >= 4 is 28.8 Å². The number of carbonyl (C=O) groups is 1. The molecule has 39 heavy (non-hydrogen) atoms. The number of nitrogens with zero attached hydrogens (tertiary/aromatic N) is 4. The lowest BCUT2D eigenvalue weighted by molar-refractivity contribution is 0.0597. The summed E-state index contributed by atoms with van der Waals surface area (Å²) in [5, 5.41) is 14.2. The highest BCUT2D eigenvalue weighted by Gasteiger charge is 2.37. The summed E-state index contributed by atoms with van der Waals surface area (Å²) in [7, 11) is 0. The largest absolute Gasteiger partial charge is 0.494 e. The van der Waals surface area contributed by atoms with Crippen molar-refractivity contribution in [3.8, 4) is 11.8 Å². The van der Waals surface area contributed by atoms with Crippen LogP contribution in [0.3, 0.4) is 0 Å². The fourth-order valence-electron chi connectivity index (χ4n) is 4.89. The number of rotatable bonds is 5. The Morgan fingerprint density at radius 1 is 1.13 bits per heavy atom. The van der Waals surface area contributed by atoms with E-state index in [4.69, 9.17) is 20.9 Å². The summed E-state index contributed by atoms with van der Waals surface area (Å²) in [6.45, 7) is 7.91. The molecule has 2 aliphatic carbocycles. The predicted octanol–water partition coefficient (Wildman–Crippen LogP) is 6.42. The molecule has 3 aromatic rings. The fraction of sp³-hybridized carbons (Fsp3) is 0.500. The van der Waals surface area contributed by atoms with E-state index in [9.17, 15) is 10.1 Å². The van der Waals surface area contributed by atoms with Crippen LogP contribution in [0, 0.1) is 11.3 Å². The average molecular weight is 533 g/mol. The zero-order chi connectivity index (χ0) is 28.2. The Morgan fingerprint density at radius 3 is 2.31 bits per heavy atom. The van der Waals surface area contributed by atoms with Crippen molar-refractivity contribution in [2.45, 2.75) is 90.2 Å². The number of carbonyl (C=O) groups excluding carboxylic acids is 1. The number of benzene rings is 1. The molecule has 0 spiro atoms. The van der Waals surface area contributed by atoms with Gasteiger partial charge in [0, 0.05) is 11.6 Å². The van der Waals surface area contributed by atoms with Gasteiger partial charge in [-0.2, -0.15) is 10.4 Å². The molecule has 2 aromatic heterocycles. The number of hydrogen-bond acceptors (Lipinski definition) is 7. The summed E-state index contributed by atoms with van der Waals surface area (Å²) in [6.07, 6.45) is 9.57. The zero-order valence-corrected chi connectivity index (χ0v) is 23.4. The van der Waals surface area contributed by atoms with Gasteiger partial charge in [0.05, 0.1) is 29.7 Å². The molecule has 0 saturated heterocycles. The lowest BCUT2D eigenvalue weighted by Gasteiger charge is -2.30. The Labute approximate surface area is 230 Å². The number of anilines is 3. The molecule has 2 saturated carbocycles. The number of fused-ring (bicyclic) bond motifs is 1. The van der Waals surface area contributed by atoms with E-state index in [1.807, 2.05) is 27.7 Å². The summed E-state index contributed by atoms with van der Waals surface area (Å²) in [4.78, 5) is 15.0. The number of aromatic nitrogens is 2. The summed E-state index contributed by atoms with van der Waals surface area (Å²) < 4.78 is 12.9. The maximum absolute atomic E-state index is 13.5. The molecule has 9 nitrogen and oxygen atoms in total. The van der Waals surface area contributed by atoms with Crippen molar-refractivity contribution in [1.82, 2.24) is 9.61 Å². The molecule has 2 aliphatic rings. The fourth-order valence-corrected chi connectivity index (χ4v) is 4.89.